The van der Waals surface area contributed by atoms with Gasteiger partial charge in [0.2, 0.25) is 11.8 Å². The molecule has 1 atom stereocenters. The standard InChI is InChI=1S/C19H19FN2O2S/c1-2-16-19(24)21-11-12-22(16)18(23)10-8-13-7-9-17(25-13)14-5-3-4-6-15(14)20/h3-10,16H,2,11-12H2,1H3,(H,21,24)/b10-8+. The lowest BCUT2D eigenvalue weighted by molar-refractivity contribution is -0.140. The van der Waals surface area contributed by atoms with Gasteiger partial charge >= 0.3 is 0 Å². The van der Waals surface area contributed by atoms with Crippen LogP contribution in [0.5, 0.6) is 0 Å². The molecule has 25 heavy (non-hydrogen) atoms. The van der Waals surface area contributed by atoms with Crippen molar-refractivity contribution in [2.75, 3.05) is 13.1 Å². The van der Waals surface area contributed by atoms with Crippen LogP contribution in [0, 0.1) is 5.82 Å². The van der Waals surface area contributed by atoms with Gasteiger partial charge in [0.15, 0.2) is 0 Å². The summed E-state index contributed by atoms with van der Waals surface area (Å²) in [5.74, 6) is -0.544. The highest BCUT2D eigenvalue weighted by Crippen LogP contribution is 2.30. The number of thiophene rings is 1. The zero-order valence-electron chi connectivity index (χ0n) is 13.9. The van der Waals surface area contributed by atoms with E-state index in [0.717, 1.165) is 9.75 Å². The number of amides is 2. The number of piperazine rings is 1. The van der Waals surface area contributed by atoms with Gasteiger partial charge in [0.25, 0.3) is 0 Å². The monoisotopic (exact) mass is 358 g/mol. The number of carbonyl (C=O) groups is 2. The van der Waals surface area contributed by atoms with Crippen LogP contribution >= 0.6 is 11.3 Å². The first-order valence-electron chi connectivity index (χ1n) is 8.21. The van der Waals surface area contributed by atoms with E-state index >= 15 is 0 Å². The Morgan fingerprint density at radius 1 is 1.36 bits per heavy atom. The van der Waals surface area contributed by atoms with Crippen molar-refractivity contribution in [2.24, 2.45) is 0 Å². The van der Waals surface area contributed by atoms with Gasteiger partial charge in [-0.3, -0.25) is 9.59 Å². The maximum atomic E-state index is 13.9. The van der Waals surface area contributed by atoms with Crippen molar-refractivity contribution in [1.82, 2.24) is 10.2 Å². The summed E-state index contributed by atoms with van der Waals surface area (Å²) < 4.78 is 13.9. The zero-order valence-corrected chi connectivity index (χ0v) is 14.7. The van der Waals surface area contributed by atoms with Crippen LogP contribution in [-0.2, 0) is 9.59 Å². The van der Waals surface area contributed by atoms with E-state index in [1.165, 1.54) is 23.5 Å². The Kier molecular flexibility index (Phi) is 5.28. The summed E-state index contributed by atoms with van der Waals surface area (Å²) >= 11 is 1.42. The molecule has 1 aliphatic rings. The fraction of sp³-hybridized carbons (Fsp3) is 0.263. The molecule has 0 bridgehead atoms. The van der Waals surface area contributed by atoms with Gasteiger partial charge in [-0.1, -0.05) is 25.1 Å². The molecule has 130 valence electrons. The number of hydrogen-bond acceptors (Lipinski definition) is 3. The van der Waals surface area contributed by atoms with Crippen LogP contribution in [0.3, 0.4) is 0 Å². The summed E-state index contributed by atoms with van der Waals surface area (Å²) in [6.07, 6.45) is 3.79. The molecule has 1 aromatic carbocycles. The Bertz CT molecular complexity index is 815. The Hall–Kier alpha value is -2.47. The third kappa shape index (κ3) is 3.79. The summed E-state index contributed by atoms with van der Waals surface area (Å²) in [5, 5.41) is 2.78. The van der Waals surface area contributed by atoms with Gasteiger partial charge < -0.3 is 10.2 Å². The second-order valence-electron chi connectivity index (χ2n) is 5.76. The van der Waals surface area contributed by atoms with Crippen molar-refractivity contribution < 1.29 is 14.0 Å². The maximum Gasteiger partial charge on any atom is 0.247 e. The second-order valence-corrected chi connectivity index (χ2v) is 6.88. The lowest BCUT2D eigenvalue weighted by Crippen LogP contribution is -2.56. The average molecular weight is 358 g/mol. The van der Waals surface area contributed by atoms with Crippen molar-refractivity contribution in [3.63, 3.8) is 0 Å². The first-order chi connectivity index (χ1) is 12.1. The summed E-state index contributed by atoms with van der Waals surface area (Å²) in [7, 11) is 0. The first kappa shape index (κ1) is 17.4. The molecular weight excluding hydrogens is 339 g/mol. The normalized spacial score (nSPS) is 17.8. The number of halogens is 1. The van der Waals surface area contributed by atoms with E-state index in [0.29, 0.717) is 25.1 Å². The molecule has 6 heteroatoms. The van der Waals surface area contributed by atoms with E-state index in [1.54, 1.807) is 29.2 Å². The predicted molar refractivity (Wildman–Crippen MR) is 97.5 cm³/mol. The number of carbonyl (C=O) groups excluding carboxylic acids is 2. The highest BCUT2D eigenvalue weighted by atomic mass is 32.1. The van der Waals surface area contributed by atoms with E-state index in [-0.39, 0.29) is 17.6 Å². The van der Waals surface area contributed by atoms with Crippen LogP contribution in [0.4, 0.5) is 4.39 Å². The van der Waals surface area contributed by atoms with Gasteiger partial charge in [0.05, 0.1) is 0 Å². The largest absolute Gasteiger partial charge is 0.353 e. The number of benzene rings is 1. The maximum absolute atomic E-state index is 13.9. The molecule has 0 saturated carbocycles. The smallest absolute Gasteiger partial charge is 0.247 e. The lowest BCUT2D eigenvalue weighted by atomic mass is 10.1. The zero-order chi connectivity index (χ0) is 17.8. The molecule has 1 N–H and O–H groups in total. The van der Waals surface area contributed by atoms with E-state index in [1.807, 2.05) is 19.1 Å². The molecule has 3 rings (SSSR count). The molecule has 2 heterocycles. The van der Waals surface area contributed by atoms with E-state index < -0.39 is 6.04 Å². The molecule has 2 amide bonds. The minimum Gasteiger partial charge on any atom is -0.353 e. The summed E-state index contributed by atoms with van der Waals surface area (Å²) in [6.45, 7) is 2.88. The van der Waals surface area contributed by atoms with Gasteiger partial charge in [-0.25, -0.2) is 4.39 Å². The predicted octanol–water partition coefficient (Wildman–Crippen LogP) is 3.30. The van der Waals surface area contributed by atoms with Gasteiger partial charge in [-0.05, 0) is 30.7 Å². The Balaban J connectivity index is 1.73. The molecule has 0 spiro atoms. The van der Waals surface area contributed by atoms with Gasteiger partial charge in [0.1, 0.15) is 11.9 Å². The summed E-state index contributed by atoms with van der Waals surface area (Å²) in [6, 6.07) is 9.91. The highest BCUT2D eigenvalue weighted by molar-refractivity contribution is 7.16. The first-order valence-corrected chi connectivity index (χ1v) is 9.03. The minimum absolute atomic E-state index is 0.103. The second kappa shape index (κ2) is 7.61. The Labute approximate surface area is 150 Å². The molecule has 1 fully saturated rings. The molecule has 0 aliphatic carbocycles. The van der Waals surface area contributed by atoms with E-state index in [4.69, 9.17) is 0 Å². The number of nitrogens with zero attached hydrogens (tertiary/aromatic N) is 1. The SMILES string of the molecule is CCC1C(=O)NCCN1C(=O)/C=C/c1ccc(-c2ccccc2F)s1. The highest BCUT2D eigenvalue weighted by Gasteiger charge is 2.30. The minimum atomic E-state index is -0.414. The molecule has 1 aliphatic heterocycles. The number of nitrogens with one attached hydrogen (secondary N) is 1. The lowest BCUT2D eigenvalue weighted by Gasteiger charge is -2.33. The van der Waals surface area contributed by atoms with Crippen molar-refractivity contribution in [3.8, 4) is 10.4 Å². The molecule has 1 unspecified atom stereocenters. The number of rotatable bonds is 4. The van der Waals surface area contributed by atoms with Crippen LogP contribution in [0.15, 0.2) is 42.5 Å². The van der Waals surface area contributed by atoms with Crippen LogP contribution in [0.2, 0.25) is 0 Å². The average Bonchev–Trinajstić information content (AvgIpc) is 3.08. The fourth-order valence-electron chi connectivity index (χ4n) is 2.88. The van der Waals surface area contributed by atoms with Gasteiger partial charge in [-0.15, -0.1) is 11.3 Å². The number of hydrogen-bond donors (Lipinski definition) is 1. The van der Waals surface area contributed by atoms with Crippen molar-refractivity contribution in [2.45, 2.75) is 19.4 Å². The fourth-order valence-corrected chi connectivity index (χ4v) is 3.82. The summed E-state index contributed by atoms with van der Waals surface area (Å²) in [5.41, 5.74) is 0.553. The molecule has 2 aromatic rings. The third-order valence-electron chi connectivity index (χ3n) is 4.16. The molecule has 1 saturated heterocycles. The summed E-state index contributed by atoms with van der Waals surface area (Å²) in [4.78, 5) is 27.5. The quantitative estimate of drug-likeness (QED) is 0.853. The topological polar surface area (TPSA) is 49.4 Å². The van der Waals surface area contributed by atoms with Crippen molar-refractivity contribution >= 4 is 29.2 Å². The third-order valence-corrected chi connectivity index (χ3v) is 5.24. The Morgan fingerprint density at radius 2 is 2.16 bits per heavy atom. The molecule has 1 aromatic heterocycles. The van der Waals surface area contributed by atoms with Crippen LogP contribution in [-0.4, -0.2) is 35.8 Å². The van der Waals surface area contributed by atoms with Crippen LogP contribution in [0.1, 0.15) is 18.2 Å². The van der Waals surface area contributed by atoms with Gasteiger partial charge in [0, 0.05) is 34.5 Å². The van der Waals surface area contributed by atoms with E-state index in [2.05, 4.69) is 5.32 Å². The van der Waals surface area contributed by atoms with Crippen molar-refractivity contribution in [3.05, 3.63) is 53.2 Å². The van der Waals surface area contributed by atoms with E-state index in [9.17, 15) is 14.0 Å². The molecule has 0 radical (unpaired) electrons. The van der Waals surface area contributed by atoms with Crippen molar-refractivity contribution in [1.29, 1.82) is 0 Å². The molecule has 4 nitrogen and oxygen atoms in total. The molecular formula is C19H19FN2O2S. The van der Waals surface area contributed by atoms with Crippen LogP contribution < -0.4 is 5.32 Å². The van der Waals surface area contributed by atoms with Gasteiger partial charge in [-0.2, -0.15) is 0 Å². The Morgan fingerprint density at radius 3 is 2.92 bits per heavy atom. The van der Waals surface area contributed by atoms with Crippen LogP contribution in [0.25, 0.3) is 16.5 Å².